The van der Waals surface area contributed by atoms with Crippen LogP contribution < -0.4 is 10.1 Å². The van der Waals surface area contributed by atoms with E-state index < -0.39 is 0 Å². The lowest BCUT2D eigenvalue weighted by atomic mass is 9.77. The molecule has 3 nitrogen and oxygen atoms in total. The average molecular weight is 234 g/mol. The summed E-state index contributed by atoms with van der Waals surface area (Å²) >= 11 is 0. The summed E-state index contributed by atoms with van der Waals surface area (Å²) in [4.78, 5) is 4.28. The molecule has 17 heavy (non-hydrogen) atoms. The zero-order valence-electron chi connectivity index (χ0n) is 10.8. The number of rotatable bonds is 6. The van der Waals surface area contributed by atoms with Crippen LogP contribution in [-0.4, -0.2) is 18.6 Å². The molecule has 1 heterocycles. The van der Waals surface area contributed by atoms with Crippen molar-refractivity contribution in [2.24, 2.45) is 5.92 Å². The van der Waals surface area contributed by atoms with Gasteiger partial charge in [-0.1, -0.05) is 13.3 Å². The van der Waals surface area contributed by atoms with Crippen LogP contribution in [0.3, 0.4) is 0 Å². The Balaban J connectivity index is 2.07. The van der Waals surface area contributed by atoms with Gasteiger partial charge in [-0.15, -0.1) is 0 Å². The summed E-state index contributed by atoms with van der Waals surface area (Å²) in [5, 5.41) is 3.41. The van der Waals surface area contributed by atoms with Crippen molar-refractivity contribution in [3.05, 3.63) is 24.0 Å². The first-order valence-corrected chi connectivity index (χ1v) is 6.60. The first-order valence-electron chi connectivity index (χ1n) is 6.60. The number of hydrogen-bond acceptors (Lipinski definition) is 3. The molecule has 3 heteroatoms. The van der Waals surface area contributed by atoms with Gasteiger partial charge in [-0.2, -0.15) is 0 Å². The second kappa shape index (κ2) is 6.01. The SMILES string of the molecule is CCCOc1cncc(C(NC)C2CCC2)c1. The maximum atomic E-state index is 5.63. The van der Waals surface area contributed by atoms with Crippen LogP contribution in [-0.2, 0) is 0 Å². The van der Waals surface area contributed by atoms with E-state index in [-0.39, 0.29) is 0 Å². The van der Waals surface area contributed by atoms with Gasteiger partial charge in [0.1, 0.15) is 5.75 Å². The minimum Gasteiger partial charge on any atom is -0.492 e. The van der Waals surface area contributed by atoms with Crippen LogP contribution in [0.5, 0.6) is 5.75 Å². The van der Waals surface area contributed by atoms with Crippen molar-refractivity contribution in [2.45, 2.75) is 38.6 Å². The summed E-state index contributed by atoms with van der Waals surface area (Å²) in [6.45, 7) is 2.88. The Morgan fingerprint density at radius 1 is 1.47 bits per heavy atom. The van der Waals surface area contributed by atoms with Crippen molar-refractivity contribution >= 4 is 0 Å². The van der Waals surface area contributed by atoms with E-state index in [0.29, 0.717) is 6.04 Å². The van der Waals surface area contributed by atoms with Gasteiger partial charge in [0.05, 0.1) is 12.8 Å². The van der Waals surface area contributed by atoms with E-state index in [1.807, 2.05) is 13.2 Å². The molecule has 0 saturated heterocycles. The van der Waals surface area contributed by atoms with Crippen molar-refractivity contribution < 1.29 is 4.74 Å². The third kappa shape index (κ3) is 2.97. The van der Waals surface area contributed by atoms with Crippen LogP contribution in [0.2, 0.25) is 0 Å². The predicted molar refractivity (Wildman–Crippen MR) is 69.2 cm³/mol. The number of ether oxygens (including phenoxy) is 1. The molecule has 0 bridgehead atoms. The van der Waals surface area contributed by atoms with Gasteiger partial charge in [0, 0.05) is 12.2 Å². The molecule has 1 atom stereocenters. The van der Waals surface area contributed by atoms with E-state index in [9.17, 15) is 0 Å². The van der Waals surface area contributed by atoms with Crippen molar-refractivity contribution in [1.29, 1.82) is 0 Å². The number of hydrogen-bond donors (Lipinski definition) is 1. The minimum absolute atomic E-state index is 0.432. The van der Waals surface area contributed by atoms with Crippen LogP contribution in [0.4, 0.5) is 0 Å². The van der Waals surface area contributed by atoms with Crippen LogP contribution >= 0.6 is 0 Å². The standard InChI is InChI=1S/C14H22N2O/c1-3-7-17-13-8-12(9-16-10-13)14(15-2)11-5-4-6-11/h8-11,14-15H,3-7H2,1-2H3. The van der Waals surface area contributed by atoms with Gasteiger partial charge in [-0.3, -0.25) is 4.98 Å². The molecule has 0 radical (unpaired) electrons. The van der Waals surface area contributed by atoms with Gasteiger partial charge >= 0.3 is 0 Å². The first kappa shape index (κ1) is 12.4. The normalized spacial score (nSPS) is 17.5. The van der Waals surface area contributed by atoms with E-state index in [4.69, 9.17) is 4.74 Å². The zero-order chi connectivity index (χ0) is 12.1. The van der Waals surface area contributed by atoms with Crippen molar-refractivity contribution in [3.8, 4) is 5.75 Å². The molecule has 0 aliphatic heterocycles. The summed E-state index contributed by atoms with van der Waals surface area (Å²) in [6.07, 6.45) is 8.80. The molecule has 0 spiro atoms. The van der Waals surface area contributed by atoms with Gasteiger partial charge < -0.3 is 10.1 Å². The number of nitrogens with zero attached hydrogens (tertiary/aromatic N) is 1. The molecule has 1 aromatic heterocycles. The fourth-order valence-corrected chi connectivity index (χ4v) is 2.35. The third-order valence-corrected chi connectivity index (χ3v) is 3.50. The summed E-state index contributed by atoms with van der Waals surface area (Å²) in [7, 11) is 2.03. The highest BCUT2D eigenvalue weighted by molar-refractivity contribution is 5.26. The Kier molecular flexibility index (Phi) is 4.37. The molecular weight excluding hydrogens is 212 g/mol. The molecule has 1 N–H and O–H groups in total. The van der Waals surface area contributed by atoms with Gasteiger partial charge in [0.2, 0.25) is 0 Å². The van der Waals surface area contributed by atoms with E-state index >= 15 is 0 Å². The zero-order valence-corrected chi connectivity index (χ0v) is 10.8. The summed E-state index contributed by atoms with van der Waals surface area (Å²) in [5.74, 6) is 1.66. The second-order valence-corrected chi connectivity index (χ2v) is 4.76. The third-order valence-electron chi connectivity index (χ3n) is 3.50. The molecular formula is C14H22N2O. The quantitative estimate of drug-likeness (QED) is 0.821. The van der Waals surface area contributed by atoms with Crippen LogP contribution in [0, 0.1) is 5.92 Å². The average Bonchev–Trinajstić information content (AvgIpc) is 2.31. The number of nitrogens with one attached hydrogen (secondary N) is 1. The first-order chi connectivity index (χ1) is 8.35. The lowest BCUT2D eigenvalue weighted by Crippen LogP contribution is -2.29. The molecule has 1 unspecified atom stereocenters. The number of aromatic nitrogens is 1. The van der Waals surface area contributed by atoms with Crippen LogP contribution in [0.15, 0.2) is 18.5 Å². The van der Waals surface area contributed by atoms with E-state index in [2.05, 4.69) is 23.3 Å². The smallest absolute Gasteiger partial charge is 0.137 e. The molecule has 1 fully saturated rings. The highest BCUT2D eigenvalue weighted by atomic mass is 16.5. The maximum Gasteiger partial charge on any atom is 0.137 e. The maximum absolute atomic E-state index is 5.63. The molecule has 2 rings (SSSR count). The monoisotopic (exact) mass is 234 g/mol. The van der Waals surface area contributed by atoms with E-state index in [1.54, 1.807) is 6.20 Å². The Morgan fingerprint density at radius 2 is 2.29 bits per heavy atom. The van der Waals surface area contributed by atoms with Gasteiger partial charge in [-0.05, 0) is 43.9 Å². The predicted octanol–water partition coefficient (Wildman–Crippen LogP) is 2.93. The molecule has 1 aromatic rings. The van der Waals surface area contributed by atoms with Gasteiger partial charge in [0.25, 0.3) is 0 Å². The molecule has 0 aromatic carbocycles. The summed E-state index contributed by atoms with van der Waals surface area (Å²) < 4.78 is 5.63. The molecule has 1 saturated carbocycles. The summed E-state index contributed by atoms with van der Waals surface area (Å²) in [6, 6.07) is 2.56. The lowest BCUT2D eigenvalue weighted by Gasteiger charge is -2.33. The Morgan fingerprint density at radius 3 is 2.88 bits per heavy atom. The van der Waals surface area contributed by atoms with Crippen molar-refractivity contribution in [1.82, 2.24) is 10.3 Å². The van der Waals surface area contributed by atoms with Crippen LogP contribution in [0.1, 0.15) is 44.2 Å². The molecule has 1 aliphatic carbocycles. The molecule has 94 valence electrons. The molecule has 0 amide bonds. The number of pyridine rings is 1. The van der Waals surface area contributed by atoms with E-state index in [1.165, 1.54) is 24.8 Å². The molecule has 1 aliphatic rings. The van der Waals surface area contributed by atoms with Crippen LogP contribution in [0.25, 0.3) is 0 Å². The Bertz CT molecular complexity index is 350. The second-order valence-electron chi connectivity index (χ2n) is 4.76. The lowest BCUT2D eigenvalue weighted by molar-refractivity contribution is 0.238. The highest BCUT2D eigenvalue weighted by Crippen LogP contribution is 2.37. The van der Waals surface area contributed by atoms with E-state index in [0.717, 1.165) is 24.7 Å². The minimum atomic E-state index is 0.432. The van der Waals surface area contributed by atoms with Gasteiger partial charge in [-0.25, -0.2) is 0 Å². The van der Waals surface area contributed by atoms with Gasteiger partial charge in [0.15, 0.2) is 0 Å². The van der Waals surface area contributed by atoms with Crippen molar-refractivity contribution in [2.75, 3.05) is 13.7 Å². The van der Waals surface area contributed by atoms with Crippen molar-refractivity contribution in [3.63, 3.8) is 0 Å². The highest BCUT2D eigenvalue weighted by Gasteiger charge is 2.27. The summed E-state index contributed by atoms with van der Waals surface area (Å²) in [5.41, 5.74) is 1.26. The fourth-order valence-electron chi connectivity index (χ4n) is 2.35. The topological polar surface area (TPSA) is 34.1 Å². The Labute approximate surface area is 104 Å². The largest absolute Gasteiger partial charge is 0.492 e. The Hall–Kier alpha value is -1.09. The fraction of sp³-hybridized carbons (Fsp3) is 0.643.